The van der Waals surface area contributed by atoms with Crippen molar-refractivity contribution in [1.29, 1.82) is 0 Å². The Bertz CT molecular complexity index is 961. The van der Waals surface area contributed by atoms with Crippen molar-refractivity contribution in [1.82, 2.24) is 15.5 Å². The SMILES string of the molecule is Cc1ccccc1C(=O)NC(CC(C)C)C(=O)Nc1ccc2[nH]ncc2c1. The smallest absolute Gasteiger partial charge is 0.252 e. The van der Waals surface area contributed by atoms with Gasteiger partial charge < -0.3 is 10.6 Å². The number of carbonyl (C=O) groups is 2. The van der Waals surface area contributed by atoms with Gasteiger partial charge in [-0.15, -0.1) is 0 Å². The molecule has 0 aliphatic rings. The van der Waals surface area contributed by atoms with E-state index in [0.717, 1.165) is 16.5 Å². The van der Waals surface area contributed by atoms with Crippen molar-refractivity contribution < 1.29 is 9.59 Å². The summed E-state index contributed by atoms with van der Waals surface area (Å²) in [6.07, 6.45) is 2.26. The highest BCUT2D eigenvalue weighted by molar-refractivity contribution is 6.02. The molecule has 0 radical (unpaired) electrons. The van der Waals surface area contributed by atoms with Gasteiger partial charge in [-0.05, 0) is 49.1 Å². The number of hydrogen-bond acceptors (Lipinski definition) is 3. The molecule has 0 fully saturated rings. The first-order valence-electron chi connectivity index (χ1n) is 9.04. The maximum atomic E-state index is 12.8. The molecule has 1 heterocycles. The molecule has 6 nitrogen and oxygen atoms in total. The van der Waals surface area contributed by atoms with E-state index in [9.17, 15) is 9.59 Å². The highest BCUT2D eigenvalue weighted by atomic mass is 16.2. The quantitative estimate of drug-likeness (QED) is 0.624. The molecule has 6 heteroatoms. The third-order valence-corrected chi connectivity index (χ3v) is 4.43. The Morgan fingerprint density at radius 1 is 1.15 bits per heavy atom. The molecular weight excluding hydrogens is 340 g/mol. The van der Waals surface area contributed by atoms with Crippen molar-refractivity contribution in [3.05, 3.63) is 59.8 Å². The van der Waals surface area contributed by atoms with Crippen molar-refractivity contribution in [2.75, 3.05) is 5.32 Å². The number of aryl methyl sites for hydroxylation is 1. The van der Waals surface area contributed by atoms with Gasteiger partial charge >= 0.3 is 0 Å². The van der Waals surface area contributed by atoms with Crippen LogP contribution in [0.1, 0.15) is 36.2 Å². The van der Waals surface area contributed by atoms with Crippen LogP contribution >= 0.6 is 0 Å². The molecule has 140 valence electrons. The Morgan fingerprint density at radius 3 is 2.67 bits per heavy atom. The van der Waals surface area contributed by atoms with Gasteiger partial charge in [0, 0.05) is 16.6 Å². The van der Waals surface area contributed by atoms with Crippen LogP contribution in [0.5, 0.6) is 0 Å². The lowest BCUT2D eigenvalue weighted by atomic mass is 10.0. The van der Waals surface area contributed by atoms with E-state index in [0.29, 0.717) is 17.7 Å². The van der Waals surface area contributed by atoms with E-state index in [-0.39, 0.29) is 17.7 Å². The fourth-order valence-corrected chi connectivity index (χ4v) is 3.02. The molecule has 1 unspecified atom stereocenters. The average Bonchev–Trinajstić information content (AvgIpc) is 3.08. The predicted molar refractivity (Wildman–Crippen MR) is 107 cm³/mol. The van der Waals surface area contributed by atoms with Gasteiger partial charge in [-0.2, -0.15) is 5.10 Å². The number of H-pyrrole nitrogens is 1. The summed E-state index contributed by atoms with van der Waals surface area (Å²) in [5.41, 5.74) is 3.04. The highest BCUT2D eigenvalue weighted by Crippen LogP contribution is 2.18. The van der Waals surface area contributed by atoms with E-state index < -0.39 is 6.04 Å². The van der Waals surface area contributed by atoms with Gasteiger partial charge in [0.25, 0.3) is 5.91 Å². The molecule has 27 heavy (non-hydrogen) atoms. The molecule has 0 saturated carbocycles. The van der Waals surface area contributed by atoms with Gasteiger partial charge in [0.15, 0.2) is 0 Å². The van der Waals surface area contributed by atoms with Crippen molar-refractivity contribution in [3.8, 4) is 0 Å². The molecule has 0 spiro atoms. The number of rotatable bonds is 6. The van der Waals surface area contributed by atoms with E-state index in [4.69, 9.17) is 0 Å². The summed E-state index contributed by atoms with van der Waals surface area (Å²) in [6, 6.07) is 12.3. The lowest BCUT2D eigenvalue weighted by Crippen LogP contribution is -2.44. The van der Waals surface area contributed by atoms with E-state index in [2.05, 4.69) is 20.8 Å². The summed E-state index contributed by atoms with van der Waals surface area (Å²) in [4.78, 5) is 25.5. The number of anilines is 1. The van der Waals surface area contributed by atoms with Crippen LogP contribution in [0.25, 0.3) is 10.9 Å². The second-order valence-electron chi connectivity index (χ2n) is 7.13. The molecular formula is C21H24N4O2. The van der Waals surface area contributed by atoms with Crippen molar-refractivity contribution in [3.63, 3.8) is 0 Å². The van der Waals surface area contributed by atoms with Gasteiger partial charge in [-0.3, -0.25) is 14.7 Å². The van der Waals surface area contributed by atoms with Crippen molar-refractivity contribution >= 4 is 28.4 Å². The van der Waals surface area contributed by atoms with E-state index >= 15 is 0 Å². The number of hydrogen-bond donors (Lipinski definition) is 3. The fraction of sp³-hybridized carbons (Fsp3) is 0.286. The number of carbonyl (C=O) groups excluding carboxylic acids is 2. The monoisotopic (exact) mass is 364 g/mol. The molecule has 0 aliphatic heterocycles. The standard InChI is InChI=1S/C21H24N4O2/c1-13(2)10-19(24-20(26)17-7-5-4-6-14(17)3)21(27)23-16-8-9-18-15(11-16)12-22-25-18/h4-9,11-13,19H,10H2,1-3H3,(H,22,25)(H,23,27)(H,24,26). The van der Waals surface area contributed by atoms with Crippen LogP contribution in [-0.4, -0.2) is 28.1 Å². The van der Waals surface area contributed by atoms with E-state index in [1.165, 1.54) is 0 Å². The number of aromatic amines is 1. The first kappa shape index (κ1) is 18.6. The molecule has 3 N–H and O–H groups in total. The van der Waals surface area contributed by atoms with Crippen molar-refractivity contribution in [2.45, 2.75) is 33.2 Å². The number of nitrogens with one attached hydrogen (secondary N) is 3. The van der Waals surface area contributed by atoms with Crippen LogP contribution < -0.4 is 10.6 Å². The molecule has 1 atom stereocenters. The summed E-state index contributed by atoms with van der Waals surface area (Å²) in [5.74, 6) is -0.207. The summed E-state index contributed by atoms with van der Waals surface area (Å²) in [5, 5.41) is 13.6. The predicted octanol–water partition coefficient (Wildman–Crippen LogP) is 3.65. The van der Waals surface area contributed by atoms with Gasteiger partial charge in [0.2, 0.25) is 5.91 Å². The van der Waals surface area contributed by atoms with Crippen LogP contribution in [0.15, 0.2) is 48.7 Å². The third-order valence-electron chi connectivity index (χ3n) is 4.43. The van der Waals surface area contributed by atoms with Crippen LogP contribution in [0.3, 0.4) is 0 Å². The van der Waals surface area contributed by atoms with Crippen LogP contribution in [-0.2, 0) is 4.79 Å². The zero-order valence-corrected chi connectivity index (χ0v) is 15.7. The molecule has 3 rings (SSSR count). The Kier molecular flexibility index (Phi) is 5.54. The first-order chi connectivity index (χ1) is 12.9. The minimum absolute atomic E-state index is 0.228. The van der Waals surface area contributed by atoms with Crippen molar-refractivity contribution in [2.24, 2.45) is 5.92 Å². The minimum Gasteiger partial charge on any atom is -0.340 e. The Balaban J connectivity index is 1.75. The molecule has 0 aliphatic carbocycles. The summed E-state index contributed by atoms with van der Waals surface area (Å²) in [6.45, 7) is 5.93. The van der Waals surface area contributed by atoms with Gasteiger partial charge in [-0.25, -0.2) is 0 Å². The summed E-state index contributed by atoms with van der Waals surface area (Å²) >= 11 is 0. The minimum atomic E-state index is -0.614. The Morgan fingerprint density at radius 2 is 1.93 bits per heavy atom. The van der Waals surface area contributed by atoms with Gasteiger partial charge in [0.05, 0.1) is 11.7 Å². The zero-order valence-electron chi connectivity index (χ0n) is 15.7. The third kappa shape index (κ3) is 4.53. The molecule has 2 amide bonds. The number of fused-ring (bicyclic) bond motifs is 1. The Hall–Kier alpha value is -3.15. The normalized spacial score (nSPS) is 12.1. The lowest BCUT2D eigenvalue weighted by Gasteiger charge is -2.21. The highest BCUT2D eigenvalue weighted by Gasteiger charge is 2.23. The van der Waals surface area contributed by atoms with Crippen LogP contribution in [0, 0.1) is 12.8 Å². The second kappa shape index (κ2) is 8.03. The van der Waals surface area contributed by atoms with Crippen LogP contribution in [0.2, 0.25) is 0 Å². The van der Waals surface area contributed by atoms with E-state index in [1.54, 1.807) is 12.3 Å². The molecule has 1 aromatic heterocycles. The molecule has 0 bridgehead atoms. The van der Waals surface area contributed by atoms with E-state index in [1.807, 2.05) is 57.2 Å². The largest absolute Gasteiger partial charge is 0.340 e. The summed E-state index contributed by atoms with van der Waals surface area (Å²) in [7, 11) is 0. The lowest BCUT2D eigenvalue weighted by molar-refractivity contribution is -0.118. The van der Waals surface area contributed by atoms with Crippen LogP contribution in [0.4, 0.5) is 5.69 Å². The second-order valence-corrected chi connectivity index (χ2v) is 7.13. The summed E-state index contributed by atoms with van der Waals surface area (Å²) < 4.78 is 0. The first-order valence-corrected chi connectivity index (χ1v) is 9.04. The molecule has 2 aromatic carbocycles. The molecule has 0 saturated heterocycles. The number of amides is 2. The number of aromatic nitrogens is 2. The topological polar surface area (TPSA) is 86.9 Å². The van der Waals surface area contributed by atoms with Gasteiger partial charge in [0.1, 0.15) is 6.04 Å². The maximum Gasteiger partial charge on any atom is 0.252 e. The zero-order chi connectivity index (χ0) is 19.4. The average molecular weight is 364 g/mol. The number of nitrogens with zero attached hydrogens (tertiary/aromatic N) is 1. The van der Waals surface area contributed by atoms with Gasteiger partial charge in [-0.1, -0.05) is 32.0 Å². The Labute approximate surface area is 158 Å². The molecule has 3 aromatic rings. The fourth-order valence-electron chi connectivity index (χ4n) is 3.02. The number of benzene rings is 2. The maximum absolute atomic E-state index is 12.8.